The van der Waals surface area contributed by atoms with Crippen molar-refractivity contribution in [3.8, 4) is 0 Å². The summed E-state index contributed by atoms with van der Waals surface area (Å²) in [7, 11) is 0. The van der Waals surface area contributed by atoms with Crippen LogP contribution in [0.1, 0.15) is 12.8 Å². The topological polar surface area (TPSA) is 52.7 Å². The number of H-pyrrole nitrogens is 1. The molecule has 0 spiro atoms. The Labute approximate surface area is 94.4 Å². The average Bonchev–Trinajstić information content (AvgIpc) is 2.97. The van der Waals surface area contributed by atoms with Gasteiger partial charge in [0, 0.05) is 23.7 Å². The molecule has 0 saturated carbocycles. The van der Waals surface area contributed by atoms with Gasteiger partial charge in [-0.25, -0.2) is 0 Å². The number of aromatic nitrogens is 2. The first-order valence-corrected chi connectivity index (χ1v) is 5.82. The number of anilines is 1. The summed E-state index contributed by atoms with van der Waals surface area (Å²) in [5, 5.41) is 15.1. The summed E-state index contributed by atoms with van der Waals surface area (Å²) in [5.41, 5.74) is 2.26. The molecule has 0 aliphatic carbocycles. The van der Waals surface area contributed by atoms with Gasteiger partial charge in [0.1, 0.15) is 0 Å². The highest BCUT2D eigenvalue weighted by atomic mass is 15.1. The summed E-state index contributed by atoms with van der Waals surface area (Å²) in [6.45, 7) is 2.16. The Bertz CT molecular complexity index is 471. The molecular formula is C12H16N4. The van der Waals surface area contributed by atoms with Gasteiger partial charge in [-0.15, -0.1) is 0 Å². The van der Waals surface area contributed by atoms with Crippen molar-refractivity contribution in [1.29, 1.82) is 0 Å². The van der Waals surface area contributed by atoms with Crippen LogP contribution in [0.15, 0.2) is 24.4 Å². The highest BCUT2D eigenvalue weighted by Gasteiger charge is 2.13. The summed E-state index contributed by atoms with van der Waals surface area (Å²) in [4.78, 5) is 0. The third-order valence-electron chi connectivity index (χ3n) is 3.16. The van der Waals surface area contributed by atoms with E-state index in [4.69, 9.17) is 0 Å². The van der Waals surface area contributed by atoms with Gasteiger partial charge < -0.3 is 10.6 Å². The number of hydrogen-bond donors (Lipinski definition) is 3. The highest BCUT2D eigenvalue weighted by Crippen LogP contribution is 2.17. The van der Waals surface area contributed by atoms with Crippen molar-refractivity contribution in [1.82, 2.24) is 15.5 Å². The van der Waals surface area contributed by atoms with Crippen molar-refractivity contribution in [2.75, 3.05) is 18.4 Å². The molecule has 0 radical (unpaired) electrons. The Hall–Kier alpha value is -1.55. The first-order valence-electron chi connectivity index (χ1n) is 5.82. The lowest BCUT2D eigenvalue weighted by Crippen LogP contribution is -2.29. The Morgan fingerprint density at radius 2 is 2.44 bits per heavy atom. The van der Waals surface area contributed by atoms with Gasteiger partial charge >= 0.3 is 0 Å². The molecule has 1 aromatic carbocycles. The number of fused-ring (bicyclic) bond motifs is 1. The predicted octanol–water partition coefficient (Wildman–Crippen LogP) is 1.73. The van der Waals surface area contributed by atoms with Gasteiger partial charge in [-0.2, -0.15) is 5.10 Å². The van der Waals surface area contributed by atoms with Crippen molar-refractivity contribution in [3.05, 3.63) is 24.4 Å². The number of hydrogen-bond acceptors (Lipinski definition) is 3. The molecule has 4 nitrogen and oxygen atoms in total. The summed E-state index contributed by atoms with van der Waals surface area (Å²) >= 11 is 0. The van der Waals surface area contributed by atoms with Crippen molar-refractivity contribution in [3.63, 3.8) is 0 Å². The van der Waals surface area contributed by atoms with E-state index >= 15 is 0 Å². The quantitative estimate of drug-likeness (QED) is 0.732. The molecule has 3 N–H and O–H groups in total. The van der Waals surface area contributed by atoms with Crippen LogP contribution in [0.2, 0.25) is 0 Å². The molecule has 0 unspecified atom stereocenters. The molecule has 1 aliphatic rings. The lowest BCUT2D eigenvalue weighted by atomic mass is 10.2. The van der Waals surface area contributed by atoms with E-state index in [1.165, 1.54) is 18.5 Å². The zero-order valence-electron chi connectivity index (χ0n) is 9.16. The zero-order valence-corrected chi connectivity index (χ0v) is 9.16. The van der Waals surface area contributed by atoms with Crippen LogP contribution in [-0.4, -0.2) is 29.3 Å². The second-order valence-corrected chi connectivity index (χ2v) is 4.35. The molecule has 84 valence electrons. The average molecular weight is 216 g/mol. The van der Waals surface area contributed by atoms with E-state index in [1.807, 2.05) is 6.20 Å². The minimum absolute atomic E-state index is 0.625. The van der Waals surface area contributed by atoms with E-state index in [2.05, 4.69) is 39.0 Å². The molecular weight excluding hydrogens is 200 g/mol. The number of benzene rings is 1. The number of rotatable bonds is 3. The van der Waals surface area contributed by atoms with E-state index < -0.39 is 0 Å². The largest absolute Gasteiger partial charge is 0.383 e. The Kier molecular flexibility index (Phi) is 2.50. The highest BCUT2D eigenvalue weighted by molar-refractivity contribution is 5.81. The summed E-state index contributed by atoms with van der Waals surface area (Å²) < 4.78 is 0. The third-order valence-corrected chi connectivity index (χ3v) is 3.16. The lowest BCUT2D eigenvalue weighted by Gasteiger charge is -2.12. The fraction of sp³-hybridized carbons (Fsp3) is 0.417. The predicted molar refractivity (Wildman–Crippen MR) is 65.6 cm³/mol. The van der Waals surface area contributed by atoms with Gasteiger partial charge in [-0.05, 0) is 37.6 Å². The van der Waals surface area contributed by atoms with Gasteiger partial charge in [-0.3, -0.25) is 5.10 Å². The molecule has 1 atom stereocenters. The molecule has 2 aromatic rings. The van der Waals surface area contributed by atoms with Crippen molar-refractivity contribution < 1.29 is 0 Å². The normalized spacial score (nSPS) is 20.4. The number of nitrogens with one attached hydrogen (secondary N) is 3. The molecule has 16 heavy (non-hydrogen) atoms. The Balaban J connectivity index is 1.68. The second-order valence-electron chi connectivity index (χ2n) is 4.35. The van der Waals surface area contributed by atoms with E-state index in [-0.39, 0.29) is 0 Å². The maximum atomic E-state index is 4.01. The minimum atomic E-state index is 0.625. The van der Waals surface area contributed by atoms with Crippen LogP contribution in [0.3, 0.4) is 0 Å². The standard InChI is InChI=1S/C12H16N4/c1-2-11(13-5-1)8-14-10-3-4-12-9(6-10)7-15-16-12/h3-4,6-7,11,13-14H,1-2,5,8H2,(H,15,16)/t11-/m0/s1. The van der Waals surface area contributed by atoms with Gasteiger partial charge in [0.05, 0.1) is 11.7 Å². The van der Waals surface area contributed by atoms with E-state index in [0.29, 0.717) is 6.04 Å². The molecule has 1 aliphatic heterocycles. The van der Waals surface area contributed by atoms with Crippen LogP contribution in [0.4, 0.5) is 5.69 Å². The second kappa shape index (κ2) is 4.14. The summed E-state index contributed by atoms with van der Waals surface area (Å²) in [6, 6.07) is 6.91. The van der Waals surface area contributed by atoms with Crippen molar-refractivity contribution in [2.24, 2.45) is 0 Å². The molecule has 4 heteroatoms. The van der Waals surface area contributed by atoms with Crippen molar-refractivity contribution in [2.45, 2.75) is 18.9 Å². The zero-order chi connectivity index (χ0) is 10.8. The molecule has 1 aromatic heterocycles. The molecule has 0 bridgehead atoms. The molecule has 3 rings (SSSR count). The van der Waals surface area contributed by atoms with Crippen molar-refractivity contribution >= 4 is 16.6 Å². The minimum Gasteiger partial charge on any atom is -0.383 e. The lowest BCUT2D eigenvalue weighted by molar-refractivity contribution is 0.633. The molecule has 1 saturated heterocycles. The fourth-order valence-corrected chi connectivity index (χ4v) is 2.22. The van der Waals surface area contributed by atoms with E-state index in [0.717, 1.165) is 24.0 Å². The SMILES string of the molecule is c1cc2[nH]ncc2cc1NC[C@@H]1CCCN1. The van der Waals surface area contributed by atoms with Crippen LogP contribution in [0.25, 0.3) is 10.9 Å². The molecule has 0 amide bonds. The monoisotopic (exact) mass is 216 g/mol. The van der Waals surface area contributed by atoms with Crippen LogP contribution < -0.4 is 10.6 Å². The molecule has 2 heterocycles. The van der Waals surface area contributed by atoms with Gasteiger partial charge in [0.25, 0.3) is 0 Å². The number of nitrogens with zero attached hydrogens (tertiary/aromatic N) is 1. The maximum Gasteiger partial charge on any atom is 0.0651 e. The van der Waals surface area contributed by atoms with Gasteiger partial charge in [0.2, 0.25) is 0 Å². The molecule has 1 fully saturated rings. The van der Waals surface area contributed by atoms with Crippen LogP contribution >= 0.6 is 0 Å². The third kappa shape index (κ3) is 1.88. The Morgan fingerprint density at radius 1 is 1.44 bits per heavy atom. The van der Waals surface area contributed by atoms with Gasteiger partial charge in [-0.1, -0.05) is 0 Å². The van der Waals surface area contributed by atoms with Crippen LogP contribution in [0.5, 0.6) is 0 Å². The summed E-state index contributed by atoms with van der Waals surface area (Å²) in [6.07, 6.45) is 4.43. The summed E-state index contributed by atoms with van der Waals surface area (Å²) in [5.74, 6) is 0. The van der Waals surface area contributed by atoms with E-state index in [1.54, 1.807) is 0 Å². The Morgan fingerprint density at radius 3 is 3.31 bits per heavy atom. The first-order chi connectivity index (χ1) is 7.92. The van der Waals surface area contributed by atoms with Crippen LogP contribution in [0, 0.1) is 0 Å². The fourth-order valence-electron chi connectivity index (χ4n) is 2.22. The van der Waals surface area contributed by atoms with Gasteiger partial charge in [0.15, 0.2) is 0 Å². The number of aromatic amines is 1. The first kappa shape index (κ1) is 9.66. The van der Waals surface area contributed by atoms with Crippen LogP contribution in [-0.2, 0) is 0 Å². The smallest absolute Gasteiger partial charge is 0.0651 e. The van der Waals surface area contributed by atoms with E-state index in [9.17, 15) is 0 Å². The maximum absolute atomic E-state index is 4.01.